The minimum Gasteiger partial charge on any atom is -0.239 e. The van der Waals surface area contributed by atoms with E-state index < -0.39 is 24.3 Å². The standard InChI is InChI=1S/CF3O4PS/c2-1(3,4)10(6,7)8-9-5. The Bertz CT molecular complexity index is 215. The second-order valence-electron chi connectivity index (χ2n) is 1.05. The van der Waals surface area contributed by atoms with Crippen molar-refractivity contribution < 1.29 is 30.1 Å². The zero-order valence-corrected chi connectivity index (χ0v) is 5.83. The van der Waals surface area contributed by atoms with Crippen LogP contribution >= 0.6 is 8.69 Å². The molecule has 0 aromatic rings. The van der Waals surface area contributed by atoms with E-state index in [0.29, 0.717) is 0 Å². The largest absolute Gasteiger partial charge is 0.523 e. The highest BCUT2D eigenvalue weighted by molar-refractivity contribution is 7.89. The first-order valence-corrected chi connectivity index (χ1v) is 3.77. The van der Waals surface area contributed by atoms with Crippen LogP contribution in [-0.4, -0.2) is 13.9 Å². The molecule has 0 aromatic carbocycles. The second-order valence-corrected chi connectivity index (χ2v) is 3.17. The van der Waals surface area contributed by atoms with Gasteiger partial charge in [0.25, 0.3) is 0 Å². The molecule has 9 heteroatoms. The minimum atomic E-state index is -5.67. The molecular formula is CF3O4PS. The number of rotatable bonds is 2. The fraction of sp³-hybridized carbons (Fsp3) is 1.00. The molecular weight excluding hydrogens is 196 g/mol. The van der Waals surface area contributed by atoms with Gasteiger partial charge in [-0.2, -0.15) is 25.6 Å². The van der Waals surface area contributed by atoms with E-state index in [4.69, 9.17) is 0 Å². The molecule has 0 saturated carbocycles. The van der Waals surface area contributed by atoms with Crippen LogP contribution in [0.15, 0.2) is 0 Å². The molecule has 0 aliphatic rings. The average molecular weight is 196 g/mol. The molecule has 0 aliphatic heterocycles. The van der Waals surface area contributed by atoms with E-state index >= 15 is 0 Å². The Hall–Kier alpha value is -0.200. The average Bonchev–Trinajstić information content (AvgIpc) is 1.61. The van der Waals surface area contributed by atoms with Crippen molar-refractivity contribution in [3.63, 3.8) is 0 Å². The smallest absolute Gasteiger partial charge is 0.239 e. The highest BCUT2D eigenvalue weighted by Gasteiger charge is 2.47. The summed E-state index contributed by atoms with van der Waals surface area (Å²) < 4.78 is 65.0. The van der Waals surface area contributed by atoms with Gasteiger partial charge in [-0.25, -0.2) is 4.57 Å². The fourth-order valence-electron chi connectivity index (χ4n) is 0.0823. The van der Waals surface area contributed by atoms with Crippen molar-refractivity contribution >= 4 is 18.8 Å². The maximum atomic E-state index is 11.2. The van der Waals surface area contributed by atoms with Crippen molar-refractivity contribution in [1.29, 1.82) is 0 Å². The van der Waals surface area contributed by atoms with Crippen molar-refractivity contribution in [1.82, 2.24) is 0 Å². The Morgan fingerprint density at radius 3 is 1.80 bits per heavy atom. The third-order valence-electron chi connectivity index (χ3n) is 0.412. The van der Waals surface area contributed by atoms with E-state index in [1.165, 1.54) is 0 Å². The van der Waals surface area contributed by atoms with Crippen molar-refractivity contribution in [3.8, 4) is 0 Å². The first kappa shape index (κ1) is 9.80. The van der Waals surface area contributed by atoms with Crippen molar-refractivity contribution in [2.75, 3.05) is 0 Å². The van der Waals surface area contributed by atoms with E-state index in [0.717, 1.165) is 0 Å². The summed E-state index contributed by atoms with van der Waals surface area (Å²) in [5, 5.41) is 0. The Morgan fingerprint density at radius 1 is 1.30 bits per heavy atom. The normalized spacial score (nSPS) is 13.9. The van der Waals surface area contributed by atoms with Crippen LogP contribution in [0.2, 0.25) is 0 Å². The summed E-state index contributed by atoms with van der Waals surface area (Å²) in [5.41, 5.74) is -5.51. The number of alkyl halides is 3. The van der Waals surface area contributed by atoms with Crippen LogP contribution in [0.4, 0.5) is 13.2 Å². The molecule has 0 fully saturated rings. The molecule has 0 saturated heterocycles. The SMILES string of the molecule is O=POS(=O)(=O)C(F)(F)F. The van der Waals surface area contributed by atoms with Crippen molar-refractivity contribution in [2.24, 2.45) is 0 Å². The molecule has 0 N–H and O–H groups in total. The highest BCUT2D eigenvalue weighted by Crippen LogP contribution is 2.26. The Labute approximate surface area is 55.4 Å². The van der Waals surface area contributed by atoms with Crippen LogP contribution in [0, 0.1) is 0 Å². The number of halogens is 3. The predicted octanol–water partition coefficient (Wildman–Crippen LogP) is 1.06. The van der Waals surface area contributed by atoms with Gasteiger partial charge in [-0.05, 0) is 0 Å². The number of hydrogen-bond acceptors (Lipinski definition) is 4. The van der Waals surface area contributed by atoms with Crippen LogP contribution in [0.3, 0.4) is 0 Å². The maximum absolute atomic E-state index is 11.2. The summed E-state index contributed by atoms with van der Waals surface area (Å²) in [6.07, 6.45) is 0. The van der Waals surface area contributed by atoms with Gasteiger partial charge in [-0.1, -0.05) is 0 Å². The summed E-state index contributed by atoms with van der Waals surface area (Å²) in [5.74, 6) is 0. The molecule has 0 aliphatic carbocycles. The van der Waals surface area contributed by atoms with Gasteiger partial charge in [0.2, 0.25) is 0 Å². The summed E-state index contributed by atoms with van der Waals surface area (Å²) in [7, 11) is -7.22. The minimum absolute atomic E-state index is 1.55. The quantitative estimate of drug-likeness (QED) is 0.489. The van der Waals surface area contributed by atoms with Gasteiger partial charge < -0.3 is 0 Å². The fourth-order valence-corrected chi connectivity index (χ4v) is 0.741. The first-order chi connectivity index (χ1) is 4.31. The Kier molecular flexibility index (Phi) is 2.76. The van der Waals surface area contributed by atoms with Crippen LogP contribution in [-0.2, 0) is 18.7 Å². The molecule has 4 nitrogen and oxygen atoms in total. The van der Waals surface area contributed by atoms with Gasteiger partial charge in [-0.15, -0.1) is 0 Å². The lowest BCUT2D eigenvalue weighted by molar-refractivity contribution is -0.0496. The molecule has 0 radical (unpaired) electrons. The van der Waals surface area contributed by atoms with Crippen LogP contribution < -0.4 is 0 Å². The van der Waals surface area contributed by atoms with Crippen LogP contribution in [0.1, 0.15) is 0 Å². The zero-order valence-electron chi connectivity index (χ0n) is 4.12. The molecule has 0 unspecified atom stereocenters. The molecule has 60 valence electrons. The summed E-state index contributed by atoms with van der Waals surface area (Å²) in [6, 6.07) is 0. The van der Waals surface area contributed by atoms with Gasteiger partial charge >= 0.3 is 24.3 Å². The molecule has 0 heterocycles. The molecule has 0 rings (SSSR count). The maximum Gasteiger partial charge on any atom is 0.523 e. The van der Waals surface area contributed by atoms with E-state index in [9.17, 15) is 26.2 Å². The zero-order chi connectivity index (χ0) is 8.41. The van der Waals surface area contributed by atoms with E-state index in [1.807, 2.05) is 0 Å². The summed E-state index contributed by atoms with van der Waals surface area (Å²) in [4.78, 5) is 0. The van der Waals surface area contributed by atoms with Gasteiger partial charge in [0.05, 0.1) is 0 Å². The van der Waals surface area contributed by atoms with Gasteiger partial charge in [0, 0.05) is 0 Å². The van der Waals surface area contributed by atoms with E-state index in [-0.39, 0.29) is 0 Å². The van der Waals surface area contributed by atoms with Gasteiger partial charge in [0.1, 0.15) is 0 Å². The molecule has 0 amide bonds. The monoisotopic (exact) mass is 196 g/mol. The predicted molar refractivity (Wildman–Crippen MR) is 23.7 cm³/mol. The van der Waals surface area contributed by atoms with Gasteiger partial charge in [0.15, 0.2) is 0 Å². The van der Waals surface area contributed by atoms with Crippen LogP contribution in [0.25, 0.3) is 0 Å². The topological polar surface area (TPSA) is 60.4 Å². The lowest BCUT2D eigenvalue weighted by atomic mass is 11.6. The lowest BCUT2D eigenvalue weighted by Gasteiger charge is -2.01. The third kappa shape index (κ3) is 2.20. The summed E-state index contributed by atoms with van der Waals surface area (Å²) >= 11 is 0. The van der Waals surface area contributed by atoms with E-state index in [2.05, 4.69) is 3.97 Å². The molecule has 0 spiro atoms. The third-order valence-corrected chi connectivity index (χ3v) is 2.01. The van der Waals surface area contributed by atoms with Crippen molar-refractivity contribution in [3.05, 3.63) is 0 Å². The molecule has 0 aromatic heterocycles. The Morgan fingerprint density at radius 2 is 1.70 bits per heavy atom. The first-order valence-electron chi connectivity index (χ1n) is 1.64. The number of hydrogen-bond donors (Lipinski definition) is 0. The lowest BCUT2D eigenvalue weighted by Crippen LogP contribution is -2.22. The van der Waals surface area contributed by atoms with Crippen molar-refractivity contribution in [2.45, 2.75) is 5.51 Å². The van der Waals surface area contributed by atoms with Crippen LogP contribution in [0.5, 0.6) is 0 Å². The molecule has 10 heavy (non-hydrogen) atoms. The molecule has 0 atom stereocenters. The van der Waals surface area contributed by atoms with Gasteiger partial charge in [-0.3, -0.25) is 0 Å². The second kappa shape index (κ2) is 2.81. The summed E-state index contributed by atoms with van der Waals surface area (Å²) in [6.45, 7) is 0. The Balaban J connectivity index is 4.59. The molecule has 0 bridgehead atoms. The highest BCUT2D eigenvalue weighted by atomic mass is 32.2. The van der Waals surface area contributed by atoms with E-state index in [1.54, 1.807) is 0 Å².